The second-order valence-electron chi connectivity index (χ2n) is 18.3. The Kier molecular flexibility index (Phi) is 10.4. The van der Waals surface area contributed by atoms with Crippen molar-refractivity contribution in [2.45, 2.75) is 52.4 Å². The van der Waals surface area contributed by atoms with Crippen LogP contribution in [-0.2, 0) is 24.9 Å². The average molecular weight is 883 g/mol. The van der Waals surface area contributed by atoms with Crippen molar-refractivity contribution in [3.63, 3.8) is 0 Å². The minimum Gasteiger partial charge on any atom is -0.351 e. The number of aryl methyl sites for hydroxylation is 2. The SMILES string of the molecule is Cc1c(-c2cc[n+]3c(c2)C(C)(C)c2cc(C(=O)NCCSSCCNC(=O)c4ccc5c(c4)C(C)(C)c4cc(-c6c(C)n(C)c7ccccc67)cc[n+]4-5)ccc2-3)c2ccccc2n1C. The summed E-state index contributed by atoms with van der Waals surface area (Å²) < 4.78 is 9.07. The molecule has 2 aliphatic rings. The lowest BCUT2D eigenvalue weighted by atomic mass is 9.82. The van der Waals surface area contributed by atoms with E-state index in [1.54, 1.807) is 21.6 Å². The molecule has 8 nitrogen and oxygen atoms in total. The monoisotopic (exact) mass is 882 g/mol. The first-order valence-electron chi connectivity index (χ1n) is 22.1. The Morgan fingerprint density at radius 3 is 1.39 bits per heavy atom. The van der Waals surface area contributed by atoms with Crippen molar-refractivity contribution in [3.8, 4) is 33.6 Å². The summed E-state index contributed by atoms with van der Waals surface area (Å²) in [6.45, 7) is 14.5. The van der Waals surface area contributed by atoms with E-state index in [1.165, 1.54) is 66.8 Å². The molecule has 0 atom stereocenters. The van der Waals surface area contributed by atoms with E-state index < -0.39 is 0 Å². The van der Waals surface area contributed by atoms with E-state index >= 15 is 0 Å². The highest BCUT2D eigenvalue weighted by Gasteiger charge is 2.45. The Labute approximate surface area is 383 Å². The van der Waals surface area contributed by atoms with Crippen LogP contribution in [0, 0.1) is 13.8 Å². The number of nitrogens with one attached hydrogen (secondary N) is 2. The lowest BCUT2D eigenvalue weighted by molar-refractivity contribution is -0.600. The number of aromatic nitrogens is 4. The molecule has 8 aromatic rings. The van der Waals surface area contributed by atoms with Gasteiger partial charge in [0.05, 0.1) is 10.8 Å². The molecule has 10 heteroatoms. The molecule has 0 aliphatic carbocycles. The predicted octanol–water partition coefficient (Wildman–Crippen LogP) is 9.99. The van der Waals surface area contributed by atoms with Gasteiger partial charge in [-0.15, -0.1) is 0 Å². The highest BCUT2D eigenvalue weighted by Crippen LogP contribution is 2.43. The van der Waals surface area contributed by atoms with Gasteiger partial charge in [0.15, 0.2) is 23.8 Å². The van der Waals surface area contributed by atoms with Gasteiger partial charge in [-0.25, -0.2) is 0 Å². The maximum absolute atomic E-state index is 13.4. The molecular weight excluding hydrogens is 829 g/mol. The second kappa shape index (κ2) is 15.9. The van der Waals surface area contributed by atoms with Crippen molar-refractivity contribution < 1.29 is 18.7 Å². The predicted molar refractivity (Wildman–Crippen MR) is 263 cm³/mol. The number of benzene rings is 4. The number of nitrogens with zero attached hydrogens (tertiary/aromatic N) is 4. The number of hydrogen-bond donors (Lipinski definition) is 2. The van der Waals surface area contributed by atoms with E-state index in [9.17, 15) is 9.59 Å². The third-order valence-electron chi connectivity index (χ3n) is 14.0. The third kappa shape index (κ3) is 6.67. The second-order valence-corrected chi connectivity index (χ2v) is 21.0. The van der Waals surface area contributed by atoms with Crippen LogP contribution in [0.2, 0.25) is 0 Å². The summed E-state index contributed by atoms with van der Waals surface area (Å²) >= 11 is 0. The molecule has 6 heterocycles. The number of fused-ring (bicyclic) bond motifs is 8. The third-order valence-corrected chi connectivity index (χ3v) is 16.4. The molecule has 10 rings (SSSR count). The van der Waals surface area contributed by atoms with Gasteiger partial charge in [-0.2, -0.15) is 9.13 Å². The molecule has 2 amide bonds. The van der Waals surface area contributed by atoms with Gasteiger partial charge in [-0.05, 0) is 89.1 Å². The Morgan fingerprint density at radius 1 is 0.562 bits per heavy atom. The minimum absolute atomic E-state index is 0.0659. The molecule has 322 valence electrons. The Morgan fingerprint density at radius 2 is 0.969 bits per heavy atom. The van der Waals surface area contributed by atoms with Crippen molar-refractivity contribution in [3.05, 3.63) is 167 Å². The molecule has 0 radical (unpaired) electrons. The van der Waals surface area contributed by atoms with Gasteiger partial charge < -0.3 is 19.8 Å². The summed E-state index contributed by atoms with van der Waals surface area (Å²) in [6.07, 6.45) is 4.35. The summed E-state index contributed by atoms with van der Waals surface area (Å²) in [7, 11) is 7.67. The number of carbonyl (C=O) groups is 2. The number of hydrogen-bond acceptors (Lipinski definition) is 4. The van der Waals surface area contributed by atoms with Gasteiger partial charge in [0.25, 0.3) is 11.8 Å². The molecule has 0 spiro atoms. The van der Waals surface area contributed by atoms with Crippen LogP contribution in [0.3, 0.4) is 0 Å². The van der Waals surface area contributed by atoms with E-state index in [1.807, 2.05) is 12.1 Å². The van der Waals surface area contributed by atoms with Gasteiger partial charge >= 0.3 is 0 Å². The largest absolute Gasteiger partial charge is 0.351 e. The number of carbonyl (C=O) groups excluding carboxylic acids is 2. The van der Waals surface area contributed by atoms with Crippen LogP contribution in [0.4, 0.5) is 0 Å². The van der Waals surface area contributed by atoms with Crippen molar-refractivity contribution in [2.75, 3.05) is 24.6 Å². The van der Waals surface area contributed by atoms with E-state index in [-0.39, 0.29) is 22.6 Å². The van der Waals surface area contributed by atoms with Crippen LogP contribution in [-0.4, -0.2) is 45.5 Å². The van der Waals surface area contributed by atoms with Crippen LogP contribution in [0.1, 0.15) is 82.3 Å². The fourth-order valence-electron chi connectivity index (χ4n) is 10.3. The molecule has 4 aromatic heterocycles. The molecule has 0 saturated carbocycles. The number of amides is 2. The summed E-state index contributed by atoms with van der Waals surface area (Å²) in [4.78, 5) is 26.8. The molecule has 4 aromatic carbocycles. The highest BCUT2D eigenvalue weighted by molar-refractivity contribution is 8.76. The maximum atomic E-state index is 13.4. The first-order chi connectivity index (χ1) is 30.8. The zero-order valence-corrected chi connectivity index (χ0v) is 39.4. The Hall–Kier alpha value is -6.10. The molecule has 2 N–H and O–H groups in total. The van der Waals surface area contributed by atoms with Crippen LogP contribution >= 0.6 is 21.6 Å². The zero-order chi connectivity index (χ0) is 44.7. The van der Waals surface area contributed by atoms with Crippen LogP contribution in [0.25, 0.3) is 55.4 Å². The van der Waals surface area contributed by atoms with E-state index in [0.29, 0.717) is 24.2 Å². The topological polar surface area (TPSA) is 75.8 Å². The maximum Gasteiger partial charge on any atom is 0.251 e. The summed E-state index contributed by atoms with van der Waals surface area (Å²) in [5.41, 5.74) is 17.6. The lowest BCUT2D eigenvalue weighted by Crippen LogP contribution is -2.34. The normalized spacial score (nSPS) is 14.1. The summed E-state index contributed by atoms with van der Waals surface area (Å²) in [6, 6.07) is 38.4. The first-order valence-corrected chi connectivity index (χ1v) is 24.6. The molecule has 0 bridgehead atoms. The number of rotatable bonds is 11. The fraction of sp³-hybridized carbons (Fsp3) is 0.259. The minimum atomic E-state index is -0.285. The molecular formula is C54H54N6O2S2+2. The van der Waals surface area contributed by atoms with Crippen molar-refractivity contribution in [1.29, 1.82) is 0 Å². The zero-order valence-electron chi connectivity index (χ0n) is 37.8. The van der Waals surface area contributed by atoms with Gasteiger partial charge in [0.2, 0.25) is 11.4 Å². The highest BCUT2D eigenvalue weighted by atomic mass is 33.1. The van der Waals surface area contributed by atoms with E-state index in [0.717, 1.165) is 34.0 Å². The number of pyridine rings is 2. The first kappa shape index (κ1) is 41.9. The van der Waals surface area contributed by atoms with Gasteiger partial charge in [0.1, 0.15) is 0 Å². The fourth-order valence-corrected chi connectivity index (χ4v) is 12.1. The van der Waals surface area contributed by atoms with Gasteiger partial charge in [-0.1, -0.05) is 58.0 Å². The standard InChI is InChI=1S/C54H52N6O2S2/c1-33-49(39-13-9-11-15-43(39)57(33)7)35-21-25-59-45-19-17-37(29-41(45)53(3,4)47(59)31-35)51(61)55-23-27-63-64-28-24-56-52(62)38-18-20-46-42(30-38)54(5,6)48-32-36(22-26-60(46)48)50-34(2)58(8)44-16-12-10-14-40(44)50/h9-22,25-26,29-32H,23-24,27-28H2,1-8H3/p+2. The van der Waals surface area contributed by atoms with Crippen molar-refractivity contribution >= 4 is 55.2 Å². The van der Waals surface area contributed by atoms with Gasteiger partial charge in [-0.3, -0.25) is 9.59 Å². The van der Waals surface area contributed by atoms with Gasteiger partial charge in [0, 0.05) is 142 Å². The molecule has 2 aliphatic heterocycles. The molecule has 0 saturated heterocycles. The van der Waals surface area contributed by atoms with Crippen molar-refractivity contribution in [2.24, 2.45) is 14.1 Å². The van der Waals surface area contributed by atoms with E-state index in [2.05, 4.69) is 194 Å². The number of para-hydroxylation sites is 2. The lowest BCUT2D eigenvalue weighted by Gasteiger charge is -2.16. The molecule has 0 fully saturated rings. The summed E-state index contributed by atoms with van der Waals surface area (Å²) in [5.74, 6) is 1.39. The molecule has 0 unspecified atom stereocenters. The Balaban J connectivity index is 0.713. The van der Waals surface area contributed by atoms with Crippen LogP contribution in [0.15, 0.2) is 122 Å². The quantitative estimate of drug-likeness (QED) is 0.0771. The van der Waals surface area contributed by atoms with Crippen molar-refractivity contribution in [1.82, 2.24) is 19.8 Å². The molecule has 64 heavy (non-hydrogen) atoms. The van der Waals surface area contributed by atoms with Crippen LogP contribution < -0.4 is 19.8 Å². The summed E-state index contributed by atoms with van der Waals surface area (Å²) in [5, 5.41) is 8.77. The van der Waals surface area contributed by atoms with E-state index in [4.69, 9.17) is 0 Å². The average Bonchev–Trinajstić information content (AvgIpc) is 3.89. The Bertz CT molecular complexity index is 3010. The van der Waals surface area contributed by atoms with Crippen LogP contribution in [0.5, 0.6) is 0 Å². The smallest absolute Gasteiger partial charge is 0.251 e.